The van der Waals surface area contributed by atoms with Crippen LogP contribution in [0.2, 0.25) is 0 Å². The molecule has 1 amide bonds. The van der Waals surface area contributed by atoms with Crippen molar-refractivity contribution in [2.24, 2.45) is 0 Å². The number of anilines is 1. The normalized spacial score (nSPS) is 11.1. The van der Waals surface area contributed by atoms with E-state index >= 15 is 0 Å². The Balaban J connectivity index is 1.56. The van der Waals surface area contributed by atoms with Crippen molar-refractivity contribution in [1.29, 1.82) is 0 Å². The molecule has 0 aliphatic carbocycles. The lowest BCUT2D eigenvalue weighted by Crippen LogP contribution is -2.08. The Kier molecular flexibility index (Phi) is 6.19. The summed E-state index contributed by atoms with van der Waals surface area (Å²) in [5.74, 6) is 2.09. The number of nitrogens with zero attached hydrogens (tertiary/aromatic N) is 5. The standard InChI is InChI=1S/C23H24N6O3S/c1-13-9-20(15(3)28(13)22-10-14(2)32-27-22)21(31)12-33-23-26-25-16(4)29(23)19-8-6-7-18(11-19)24-17(5)30/h6-11H,12H2,1-5H3,(H,24,30). The average Bonchev–Trinajstić information content (AvgIpc) is 3.43. The van der Waals surface area contributed by atoms with Crippen LogP contribution in [0.3, 0.4) is 0 Å². The summed E-state index contributed by atoms with van der Waals surface area (Å²) in [6, 6.07) is 11.1. The number of ketones is 1. The minimum absolute atomic E-state index is 0.0150. The van der Waals surface area contributed by atoms with Crippen molar-refractivity contribution in [3.05, 3.63) is 64.9 Å². The van der Waals surface area contributed by atoms with Gasteiger partial charge >= 0.3 is 0 Å². The van der Waals surface area contributed by atoms with E-state index in [0.717, 1.165) is 17.1 Å². The van der Waals surface area contributed by atoms with E-state index in [0.29, 0.717) is 33.8 Å². The molecule has 9 nitrogen and oxygen atoms in total. The fraction of sp³-hybridized carbons (Fsp3) is 0.261. The van der Waals surface area contributed by atoms with Gasteiger partial charge in [0.25, 0.3) is 0 Å². The van der Waals surface area contributed by atoms with Gasteiger partial charge in [-0.15, -0.1) is 10.2 Å². The zero-order chi connectivity index (χ0) is 23.7. The average molecular weight is 465 g/mol. The van der Waals surface area contributed by atoms with Gasteiger partial charge in [0.15, 0.2) is 16.8 Å². The van der Waals surface area contributed by atoms with Crippen molar-refractivity contribution in [3.63, 3.8) is 0 Å². The second-order valence-corrected chi connectivity index (χ2v) is 8.67. The molecule has 1 N–H and O–H groups in total. The zero-order valence-electron chi connectivity index (χ0n) is 19.0. The summed E-state index contributed by atoms with van der Waals surface area (Å²) in [6.45, 7) is 8.97. The van der Waals surface area contributed by atoms with Gasteiger partial charge in [-0.2, -0.15) is 0 Å². The highest BCUT2D eigenvalue weighted by molar-refractivity contribution is 7.99. The lowest BCUT2D eigenvalue weighted by Gasteiger charge is -2.10. The number of carbonyl (C=O) groups is 2. The van der Waals surface area contributed by atoms with Gasteiger partial charge in [0, 0.05) is 35.6 Å². The van der Waals surface area contributed by atoms with Crippen LogP contribution >= 0.6 is 11.8 Å². The van der Waals surface area contributed by atoms with Gasteiger partial charge in [0.2, 0.25) is 5.91 Å². The Bertz CT molecular complexity index is 1350. The fourth-order valence-electron chi connectivity index (χ4n) is 3.72. The van der Waals surface area contributed by atoms with Crippen molar-refractivity contribution in [2.45, 2.75) is 39.8 Å². The third-order valence-electron chi connectivity index (χ3n) is 5.13. The van der Waals surface area contributed by atoms with E-state index in [2.05, 4.69) is 20.7 Å². The number of rotatable bonds is 7. The number of benzene rings is 1. The molecule has 0 fully saturated rings. The van der Waals surface area contributed by atoms with Crippen LogP contribution in [-0.2, 0) is 4.79 Å². The minimum Gasteiger partial charge on any atom is -0.360 e. The molecule has 0 unspecified atom stereocenters. The van der Waals surface area contributed by atoms with Crippen LogP contribution in [0.25, 0.3) is 11.5 Å². The summed E-state index contributed by atoms with van der Waals surface area (Å²) in [4.78, 5) is 24.5. The number of nitrogens with one attached hydrogen (secondary N) is 1. The molecule has 1 aromatic carbocycles. The molecule has 0 aliphatic heterocycles. The number of aromatic nitrogens is 5. The third kappa shape index (κ3) is 4.61. The fourth-order valence-corrected chi connectivity index (χ4v) is 4.60. The van der Waals surface area contributed by atoms with Crippen LogP contribution in [-0.4, -0.2) is 41.9 Å². The van der Waals surface area contributed by atoms with Gasteiger partial charge in [-0.3, -0.25) is 18.7 Å². The second kappa shape index (κ2) is 9.07. The van der Waals surface area contributed by atoms with Gasteiger partial charge in [0.05, 0.1) is 11.4 Å². The minimum atomic E-state index is -0.147. The van der Waals surface area contributed by atoms with E-state index in [1.807, 2.05) is 73.2 Å². The topological polar surface area (TPSA) is 108 Å². The molecular formula is C23H24N6O3S. The van der Waals surface area contributed by atoms with Crippen LogP contribution in [0.1, 0.15) is 40.3 Å². The number of thioether (sulfide) groups is 1. The number of carbonyl (C=O) groups excluding carboxylic acids is 2. The van der Waals surface area contributed by atoms with Crippen LogP contribution in [0.15, 0.2) is 46.1 Å². The van der Waals surface area contributed by atoms with Crippen LogP contribution < -0.4 is 5.32 Å². The van der Waals surface area contributed by atoms with Crippen molar-refractivity contribution < 1.29 is 14.1 Å². The van der Waals surface area contributed by atoms with E-state index in [4.69, 9.17) is 4.52 Å². The molecule has 0 saturated carbocycles. The quantitative estimate of drug-likeness (QED) is 0.322. The van der Waals surface area contributed by atoms with Gasteiger partial charge in [-0.1, -0.05) is 23.0 Å². The molecule has 3 aromatic heterocycles. The summed E-state index contributed by atoms with van der Waals surface area (Å²) >= 11 is 1.32. The monoisotopic (exact) mass is 464 g/mol. The second-order valence-electron chi connectivity index (χ2n) is 7.72. The lowest BCUT2D eigenvalue weighted by atomic mass is 10.2. The van der Waals surface area contributed by atoms with E-state index in [1.54, 1.807) is 0 Å². The van der Waals surface area contributed by atoms with Crippen LogP contribution in [0.4, 0.5) is 5.69 Å². The summed E-state index contributed by atoms with van der Waals surface area (Å²) in [7, 11) is 0. The van der Waals surface area contributed by atoms with E-state index in [-0.39, 0.29) is 17.4 Å². The molecule has 170 valence electrons. The zero-order valence-corrected chi connectivity index (χ0v) is 19.9. The maximum atomic E-state index is 13.1. The van der Waals surface area contributed by atoms with Crippen molar-refractivity contribution >= 4 is 29.1 Å². The number of aryl methyl sites for hydroxylation is 3. The molecular weight excluding hydrogens is 440 g/mol. The molecule has 0 atom stereocenters. The van der Waals surface area contributed by atoms with Gasteiger partial charge in [0.1, 0.15) is 11.6 Å². The van der Waals surface area contributed by atoms with Crippen LogP contribution in [0, 0.1) is 27.7 Å². The molecule has 3 heterocycles. The Labute approximate surface area is 195 Å². The van der Waals surface area contributed by atoms with Crippen molar-refractivity contribution in [3.8, 4) is 11.5 Å². The third-order valence-corrected chi connectivity index (χ3v) is 6.06. The highest BCUT2D eigenvalue weighted by Crippen LogP contribution is 2.26. The Hall–Kier alpha value is -3.66. The summed E-state index contributed by atoms with van der Waals surface area (Å²) < 4.78 is 8.97. The Morgan fingerprint density at radius 1 is 1.06 bits per heavy atom. The predicted octanol–water partition coefficient (Wildman–Crippen LogP) is 4.21. The first-order chi connectivity index (χ1) is 15.7. The summed E-state index contributed by atoms with van der Waals surface area (Å²) in [5, 5.41) is 15.9. The number of Topliss-reactive ketones (excluding diaryl/α,β-unsaturated/α-hetero) is 1. The highest BCUT2D eigenvalue weighted by atomic mass is 32.2. The maximum Gasteiger partial charge on any atom is 0.221 e. The molecule has 0 spiro atoms. The van der Waals surface area contributed by atoms with E-state index in [1.165, 1.54) is 18.7 Å². The first kappa shape index (κ1) is 22.5. The van der Waals surface area contributed by atoms with Gasteiger partial charge in [-0.05, 0) is 52.0 Å². The Morgan fingerprint density at radius 2 is 1.85 bits per heavy atom. The number of amides is 1. The van der Waals surface area contributed by atoms with Gasteiger partial charge in [-0.25, -0.2) is 0 Å². The number of hydrogen-bond acceptors (Lipinski definition) is 7. The Morgan fingerprint density at radius 3 is 2.55 bits per heavy atom. The van der Waals surface area contributed by atoms with Crippen molar-refractivity contribution in [1.82, 2.24) is 24.5 Å². The largest absolute Gasteiger partial charge is 0.360 e. The molecule has 10 heteroatoms. The van der Waals surface area contributed by atoms with E-state index < -0.39 is 0 Å². The molecule has 0 aliphatic rings. The molecule has 33 heavy (non-hydrogen) atoms. The number of hydrogen-bond donors (Lipinski definition) is 1. The molecule has 4 aromatic rings. The van der Waals surface area contributed by atoms with Crippen LogP contribution in [0.5, 0.6) is 0 Å². The van der Waals surface area contributed by atoms with E-state index in [9.17, 15) is 9.59 Å². The van der Waals surface area contributed by atoms with Crippen molar-refractivity contribution in [2.75, 3.05) is 11.1 Å². The lowest BCUT2D eigenvalue weighted by molar-refractivity contribution is -0.114. The molecule has 4 rings (SSSR count). The first-order valence-corrected chi connectivity index (χ1v) is 11.3. The smallest absolute Gasteiger partial charge is 0.221 e. The first-order valence-electron chi connectivity index (χ1n) is 10.3. The maximum absolute atomic E-state index is 13.1. The molecule has 0 radical (unpaired) electrons. The molecule has 0 bridgehead atoms. The van der Waals surface area contributed by atoms with Gasteiger partial charge < -0.3 is 9.84 Å². The highest BCUT2D eigenvalue weighted by Gasteiger charge is 2.20. The molecule has 0 saturated heterocycles. The summed E-state index contributed by atoms with van der Waals surface area (Å²) in [6.07, 6.45) is 0. The predicted molar refractivity (Wildman–Crippen MR) is 125 cm³/mol. The SMILES string of the molecule is CC(=O)Nc1cccc(-n2c(C)nnc2SCC(=O)c2cc(C)n(-c3cc(C)on3)c2C)c1. The summed E-state index contributed by atoms with van der Waals surface area (Å²) in [5.41, 5.74) is 3.83.